The highest BCUT2D eigenvalue weighted by Crippen LogP contribution is 2.26. The lowest BCUT2D eigenvalue weighted by Gasteiger charge is -2.04. The lowest BCUT2D eigenvalue weighted by Crippen LogP contribution is -2.10. The number of hydrogen-bond acceptors (Lipinski definition) is 6. The molecule has 0 saturated carbocycles. The maximum absolute atomic E-state index is 11.9. The highest BCUT2D eigenvalue weighted by molar-refractivity contribution is 7.22. The summed E-state index contributed by atoms with van der Waals surface area (Å²) in [6, 6.07) is 5.39. The van der Waals surface area contributed by atoms with Crippen LogP contribution in [0.1, 0.15) is 24.2 Å². The summed E-state index contributed by atoms with van der Waals surface area (Å²) in [5, 5.41) is 4.03. The van der Waals surface area contributed by atoms with Gasteiger partial charge >= 0.3 is 5.97 Å². The fourth-order valence-electron chi connectivity index (χ4n) is 1.70. The molecule has 0 aliphatic carbocycles. The molecule has 20 heavy (non-hydrogen) atoms. The van der Waals surface area contributed by atoms with Gasteiger partial charge in [0.05, 0.1) is 22.4 Å². The second-order valence-electron chi connectivity index (χ2n) is 4.06. The quantitative estimate of drug-likeness (QED) is 0.628. The molecule has 0 atom stereocenters. The Labute approximate surface area is 121 Å². The minimum atomic E-state index is -0.329. The first-order chi connectivity index (χ1) is 9.74. The van der Waals surface area contributed by atoms with Crippen molar-refractivity contribution in [3.8, 4) is 0 Å². The maximum atomic E-state index is 11.9. The van der Waals surface area contributed by atoms with E-state index in [0.29, 0.717) is 18.8 Å². The Morgan fingerprint density at radius 3 is 2.95 bits per heavy atom. The maximum Gasteiger partial charge on any atom is 0.338 e. The van der Waals surface area contributed by atoms with Gasteiger partial charge in [0.1, 0.15) is 6.61 Å². The second kappa shape index (κ2) is 7.21. The third-order valence-corrected chi connectivity index (χ3v) is 3.59. The van der Waals surface area contributed by atoms with Gasteiger partial charge in [-0.1, -0.05) is 11.3 Å². The molecule has 1 aromatic heterocycles. The molecule has 5 nitrogen and oxygen atoms in total. The van der Waals surface area contributed by atoms with E-state index in [1.807, 2.05) is 26.0 Å². The van der Waals surface area contributed by atoms with Crippen LogP contribution in [0.2, 0.25) is 0 Å². The zero-order chi connectivity index (χ0) is 14.4. The first-order valence-electron chi connectivity index (χ1n) is 6.64. The molecule has 0 radical (unpaired) electrons. The Kier molecular flexibility index (Phi) is 5.31. The molecule has 0 aliphatic heterocycles. The van der Waals surface area contributed by atoms with Crippen molar-refractivity contribution < 1.29 is 14.3 Å². The van der Waals surface area contributed by atoms with Gasteiger partial charge in [0.25, 0.3) is 0 Å². The van der Waals surface area contributed by atoms with Gasteiger partial charge in [0, 0.05) is 13.2 Å². The van der Waals surface area contributed by atoms with E-state index in [2.05, 4.69) is 10.3 Å². The van der Waals surface area contributed by atoms with E-state index in [1.165, 1.54) is 11.3 Å². The van der Waals surface area contributed by atoms with Crippen LogP contribution in [0.4, 0.5) is 5.13 Å². The first-order valence-corrected chi connectivity index (χ1v) is 7.45. The summed E-state index contributed by atoms with van der Waals surface area (Å²) < 4.78 is 11.2. The SMILES string of the molecule is CCNc1nc2ccc(C(=O)OCCOCC)cc2s1. The van der Waals surface area contributed by atoms with Gasteiger partial charge in [0.15, 0.2) is 5.13 Å². The Hall–Kier alpha value is -1.66. The minimum Gasteiger partial charge on any atom is -0.460 e. The number of aromatic nitrogens is 1. The number of benzene rings is 1. The summed E-state index contributed by atoms with van der Waals surface area (Å²) in [6.45, 7) is 6.07. The summed E-state index contributed by atoms with van der Waals surface area (Å²) in [5.41, 5.74) is 1.43. The van der Waals surface area contributed by atoms with E-state index in [9.17, 15) is 4.79 Å². The molecule has 1 heterocycles. The fourth-order valence-corrected chi connectivity index (χ4v) is 2.67. The standard InChI is InChI=1S/C14H18N2O3S/c1-3-15-14-16-11-6-5-10(9-12(11)20-14)13(17)19-8-7-18-4-2/h5-6,9H,3-4,7-8H2,1-2H3,(H,15,16). The van der Waals surface area contributed by atoms with Crippen LogP contribution in [0.5, 0.6) is 0 Å². The molecule has 0 bridgehead atoms. The summed E-state index contributed by atoms with van der Waals surface area (Å²) >= 11 is 1.53. The molecule has 6 heteroatoms. The average Bonchev–Trinajstić information content (AvgIpc) is 2.85. The van der Waals surface area contributed by atoms with Gasteiger partial charge in [-0.25, -0.2) is 9.78 Å². The number of hydrogen-bond donors (Lipinski definition) is 1. The predicted octanol–water partition coefficient (Wildman–Crippen LogP) is 2.92. The zero-order valence-electron chi connectivity index (χ0n) is 11.6. The fraction of sp³-hybridized carbons (Fsp3) is 0.429. The van der Waals surface area contributed by atoms with E-state index < -0.39 is 0 Å². The zero-order valence-corrected chi connectivity index (χ0v) is 12.5. The number of thiazole rings is 1. The van der Waals surface area contributed by atoms with E-state index in [1.54, 1.807) is 6.07 Å². The number of esters is 1. The molecule has 0 amide bonds. The monoisotopic (exact) mass is 294 g/mol. The van der Waals surface area contributed by atoms with Gasteiger partial charge in [-0.15, -0.1) is 0 Å². The Morgan fingerprint density at radius 1 is 1.35 bits per heavy atom. The molecular formula is C14H18N2O3S. The lowest BCUT2D eigenvalue weighted by molar-refractivity contribution is 0.0335. The Balaban J connectivity index is 2.04. The Morgan fingerprint density at radius 2 is 2.20 bits per heavy atom. The molecule has 108 valence electrons. The summed E-state index contributed by atoms with van der Waals surface area (Å²) in [7, 11) is 0. The van der Waals surface area contributed by atoms with Crippen LogP contribution >= 0.6 is 11.3 Å². The van der Waals surface area contributed by atoms with Crippen LogP contribution in [-0.4, -0.2) is 37.3 Å². The number of carbonyl (C=O) groups is 1. The van der Waals surface area contributed by atoms with Crippen LogP contribution in [0, 0.1) is 0 Å². The van der Waals surface area contributed by atoms with Crippen LogP contribution in [0.15, 0.2) is 18.2 Å². The molecule has 1 N–H and O–H groups in total. The van der Waals surface area contributed by atoms with E-state index in [4.69, 9.17) is 9.47 Å². The number of nitrogens with one attached hydrogen (secondary N) is 1. The molecule has 2 rings (SSSR count). The second-order valence-corrected chi connectivity index (χ2v) is 5.10. The molecule has 0 fully saturated rings. The number of ether oxygens (including phenoxy) is 2. The predicted molar refractivity (Wildman–Crippen MR) is 80.6 cm³/mol. The third-order valence-electron chi connectivity index (χ3n) is 2.62. The molecular weight excluding hydrogens is 276 g/mol. The van der Waals surface area contributed by atoms with Crippen LogP contribution in [0.25, 0.3) is 10.2 Å². The number of rotatable bonds is 7. The van der Waals surface area contributed by atoms with Crippen molar-refractivity contribution in [2.75, 3.05) is 31.7 Å². The van der Waals surface area contributed by atoms with Crippen LogP contribution in [-0.2, 0) is 9.47 Å². The molecule has 1 aromatic carbocycles. The molecule has 2 aromatic rings. The number of carbonyl (C=O) groups excluding carboxylic acids is 1. The Bertz CT molecular complexity index is 583. The van der Waals surface area contributed by atoms with Crippen LogP contribution in [0.3, 0.4) is 0 Å². The summed E-state index contributed by atoms with van der Waals surface area (Å²) in [5.74, 6) is -0.329. The van der Waals surface area contributed by atoms with E-state index in [0.717, 1.165) is 21.9 Å². The third kappa shape index (κ3) is 3.68. The van der Waals surface area contributed by atoms with Crippen molar-refractivity contribution in [2.45, 2.75) is 13.8 Å². The van der Waals surface area contributed by atoms with E-state index >= 15 is 0 Å². The van der Waals surface area contributed by atoms with Crippen molar-refractivity contribution in [3.63, 3.8) is 0 Å². The molecule has 0 unspecified atom stereocenters. The number of nitrogens with zero attached hydrogens (tertiary/aromatic N) is 1. The van der Waals surface area contributed by atoms with Crippen molar-refractivity contribution in [3.05, 3.63) is 23.8 Å². The molecule has 0 aliphatic rings. The lowest BCUT2D eigenvalue weighted by atomic mass is 10.2. The highest BCUT2D eigenvalue weighted by atomic mass is 32.1. The minimum absolute atomic E-state index is 0.274. The molecule has 0 spiro atoms. The van der Waals surface area contributed by atoms with Crippen molar-refractivity contribution in [2.24, 2.45) is 0 Å². The normalized spacial score (nSPS) is 10.7. The van der Waals surface area contributed by atoms with Gasteiger partial charge < -0.3 is 14.8 Å². The van der Waals surface area contributed by atoms with E-state index in [-0.39, 0.29) is 12.6 Å². The number of fused-ring (bicyclic) bond motifs is 1. The summed E-state index contributed by atoms with van der Waals surface area (Å²) in [4.78, 5) is 16.3. The topological polar surface area (TPSA) is 60.5 Å². The summed E-state index contributed by atoms with van der Waals surface area (Å²) in [6.07, 6.45) is 0. The van der Waals surface area contributed by atoms with Crippen molar-refractivity contribution >= 4 is 32.7 Å². The average molecular weight is 294 g/mol. The number of anilines is 1. The van der Waals surface area contributed by atoms with Crippen molar-refractivity contribution in [1.82, 2.24) is 4.98 Å². The van der Waals surface area contributed by atoms with Crippen LogP contribution < -0.4 is 5.32 Å². The first kappa shape index (κ1) is 14.7. The largest absolute Gasteiger partial charge is 0.460 e. The highest BCUT2D eigenvalue weighted by Gasteiger charge is 2.10. The van der Waals surface area contributed by atoms with Gasteiger partial charge in [-0.05, 0) is 32.0 Å². The van der Waals surface area contributed by atoms with Crippen molar-refractivity contribution in [1.29, 1.82) is 0 Å². The van der Waals surface area contributed by atoms with Gasteiger partial charge in [0.2, 0.25) is 0 Å². The molecule has 0 saturated heterocycles. The van der Waals surface area contributed by atoms with Gasteiger partial charge in [-0.3, -0.25) is 0 Å². The smallest absolute Gasteiger partial charge is 0.338 e. The van der Waals surface area contributed by atoms with Gasteiger partial charge in [-0.2, -0.15) is 0 Å².